The fourth-order valence-corrected chi connectivity index (χ4v) is 2.93. The van der Waals surface area contributed by atoms with Crippen LogP contribution in [-0.4, -0.2) is 17.9 Å². The molecule has 0 heterocycles. The van der Waals surface area contributed by atoms with E-state index in [0.29, 0.717) is 23.5 Å². The van der Waals surface area contributed by atoms with Gasteiger partial charge in [0.1, 0.15) is 5.75 Å². The van der Waals surface area contributed by atoms with Crippen LogP contribution in [0.5, 0.6) is 5.75 Å². The standard InChI is InChI=1S/C25H26N2O3/c1-4-24(28)27-23-16-21(13-10-17(23)2)26-25(29)18(3)30-22-14-11-20(12-15-22)19-8-6-5-7-9-19/h5-16,18H,4H2,1-3H3,(H,26,29)(H,27,28). The molecule has 5 nitrogen and oxygen atoms in total. The predicted octanol–water partition coefficient (Wildman–Crippen LogP) is 5.42. The Hall–Kier alpha value is -3.60. The largest absolute Gasteiger partial charge is 0.481 e. The molecule has 0 aliphatic carbocycles. The fraction of sp³-hybridized carbons (Fsp3) is 0.200. The van der Waals surface area contributed by atoms with E-state index < -0.39 is 6.10 Å². The van der Waals surface area contributed by atoms with Gasteiger partial charge in [-0.15, -0.1) is 0 Å². The van der Waals surface area contributed by atoms with Gasteiger partial charge in [-0.25, -0.2) is 0 Å². The Morgan fingerprint density at radius 2 is 1.57 bits per heavy atom. The summed E-state index contributed by atoms with van der Waals surface area (Å²) in [5, 5.41) is 5.68. The van der Waals surface area contributed by atoms with E-state index in [-0.39, 0.29) is 11.8 Å². The lowest BCUT2D eigenvalue weighted by Crippen LogP contribution is -2.30. The third-order valence-corrected chi connectivity index (χ3v) is 4.74. The number of carbonyl (C=O) groups excluding carboxylic acids is 2. The molecule has 0 saturated carbocycles. The molecule has 3 rings (SSSR count). The summed E-state index contributed by atoms with van der Waals surface area (Å²) in [6.45, 7) is 5.40. The van der Waals surface area contributed by atoms with Gasteiger partial charge >= 0.3 is 0 Å². The average Bonchev–Trinajstić information content (AvgIpc) is 2.77. The minimum absolute atomic E-state index is 0.0720. The molecule has 1 atom stereocenters. The zero-order valence-corrected chi connectivity index (χ0v) is 17.4. The molecular weight excluding hydrogens is 376 g/mol. The highest BCUT2D eigenvalue weighted by Gasteiger charge is 2.16. The number of carbonyl (C=O) groups is 2. The van der Waals surface area contributed by atoms with Gasteiger partial charge in [0.2, 0.25) is 5.91 Å². The topological polar surface area (TPSA) is 67.4 Å². The van der Waals surface area contributed by atoms with Gasteiger partial charge in [-0.2, -0.15) is 0 Å². The van der Waals surface area contributed by atoms with E-state index in [4.69, 9.17) is 4.74 Å². The third-order valence-electron chi connectivity index (χ3n) is 4.74. The van der Waals surface area contributed by atoms with Crippen molar-refractivity contribution in [1.82, 2.24) is 0 Å². The van der Waals surface area contributed by atoms with Gasteiger partial charge in [0, 0.05) is 17.8 Å². The van der Waals surface area contributed by atoms with Crippen molar-refractivity contribution in [2.45, 2.75) is 33.3 Å². The van der Waals surface area contributed by atoms with Crippen LogP contribution < -0.4 is 15.4 Å². The number of ether oxygens (including phenoxy) is 1. The lowest BCUT2D eigenvalue weighted by molar-refractivity contribution is -0.122. The van der Waals surface area contributed by atoms with Gasteiger partial charge in [0.25, 0.3) is 5.91 Å². The summed E-state index contributed by atoms with van der Waals surface area (Å²) in [6, 6.07) is 23.1. The van der Waals surface area contributed by atoms with Gasteiger partial charge in [0.05, 0.1) is 0 Å². The van der Waals surface area contributed by atoms with E-state index in [1.807, 2.05) is 67.6 Å². The minimum Gasteiger partial charge on any atom is -0.481 e. The summed E-state index contributed by atoms with van der Waals surface area (Å²) in [5.41, 5.74) is 4.43. The van der Waals surface area contributed by atoms with Crippen molar-refractivity contribution in [2.24, 2.45) is 0 Å². The third kappa shape index (κ3) is 5.47. The monoisotopic (exact) mass is 402 g/mol. The van der Waals surface area contributed by atoms with Crippen molar-refractivity contribution in [1.29, 1.82) is 0 Å². The van der Waals surface area contributed by atoms with Crippen LogP contribution in [0, 0.1) is 6.92 Å². The molecule has 5 heteroatoms. The van der Waals surface area contributed by atoms with E-state index in [2.05, 4.69) is 10.6 Å². The highest BCUT2D eigenvalue weighted by Crippen LogP contribution is 2.24. The van der Waals surface area contributed by atoms with Crippen molar-refractivity contribution in [2.75, 3.05) is 10.6 Å². The van der Waals surface area contributed by atoms with E-state index in [1.54, 1.807) is 26.0 Å². The van der Waals surface area contributed by atoms with Crippen molar-refractivity contribution in [3.8, 4) is 16.9 Å². The zero-order valence-electron chi connectivity index (χ0n) is 17.4. The summed E-state index contributed by atoms with van der Waals surface area (Å²) in [5.74, 6) is 0.285. The van der Waals surface area contributed by atoms with Crippen molar-refractivity contribution in [3.63, 3.8) is 0 Å². The van der Waals surface area contributed by atoms with Crippen LogP contribution in [-0.2, 0) is 9.59 Å². The van der Waals surface area contributed by atoms with Gasteiger partial charge in [-0.3, -0.25) is 9.59 Å². The van der Waals surface area contributed by atoms with Crippen LogP contribution >= 0.6 is 0 Å². The summed E-state index contributed by atoms with van der Waals surface area (Å²) < 4.78 is 5.79. The Labute approximate surface area is 177 Å². The average molecular weight is 402 g/mol. The SMILES string of the molecule is CCC(=O)Nc1cc(NC(=O)C(C)Oc2ccc(-c3ccccc3)cc2)ccc1C. The molecule has 3 aromatic carbocycles. The van der Waals surface area contributed by atoms with Crippen LogP contribution in [0.15, 0.2) is 72.8 Å². The Balaban J connectivity index is 1.62. The van der Waals surface area contributed by atoms with Crippen LogP contribution in [0.1, 0.15) is 25.8 Å². The lowest BCUT2D eigenvalue weighted by Gasteiger charge is -2.16. The maximum absolute atomic E-state index is 12.6. The summed E-state index contributed by atoms with van der Waals surface area (Å²) in [6.07, 6.45) is -0.285. The quantitative estimate of drug-likeness (QED) is 0.555. The normalized spacial score (nSPS) is 11.4. The first-order valence-corrected chi connectivity index (χ1v) is 9.99. The van der Waals surface area contributed by atoms with E-state index >= 15 is 0 Å². The number of aryl methyl sites for hydroxylation is 1. The Bertz CT molecular complexity index is 1010. The van der Waals surface area contributed by atoms with Crippen molar-refractivity contribution < 1.29 is 14.3 Å². The molecule has 154 valence electrons. The smallest absolute Gasteiger partial charge is 0.265 e. The fourth-order valence-electron chi connectivity index (χ4n) is 2.93. The van der Waals surface area contributed by atoms with Gasteiger partial charge in [-0.1, -0.05) is 55.5 Å². The first kappa shape index (κ1) is 21.1. The molecule has 0 saturated heterocycles. The molecular formula is C25H26N2O3. The van der Waals surface area contributed by atoms with Crippen molar-refractivity contribution >= 4 is 23.2 Å². The second-order valence-corrected chi connectivity index (χ2v) is 7.07. The van der Waals surface area contributed by atoms with E-state index in [1.165, 1.54) is 0 Å². The molecule has 0 aliphatic rings. The van der Waals surface area contributed by atoms with Crippen LogP contribution in [0.2, 0.25) is 0 Å². The summed E-state index contributed by atoms with van der Waals surface area (Å²) >= 11 is 0. The van der Waals surface area contributed by atoms with E-state index in [9.17, 15) is 9.59 Å². The highest BCUT2D eigenvalue weighted by atomic mass is 16.5. The Morgan fingerprint density at radius 1 is 0.900 bits per heavy atom. The Kier molecular flexibility index (Phi) is 6.86. The lowest BCUT2D eigenvalue weighted by atomic mass is 10.1. The maximum Gasteiger partial charge on any atom is 0.265 e. The molecule has 0 fully saturated rings. The maximum atomic E-state index is 12.6. The molecule has 2 amide bonds. The Morgan fingerprint density at radius 3 is 2.23 bits per heavy atom. The molecule has 0 spiro atoms. The second kappa shape index (κ2) is 9.74. The summed E-state index contributed by atoms with van der Waals surface area (Å²) in [4.78, 5) is 24.2. The zero-order chi connectivity index (χ0) is 21.5. The number of rotatable bonds is 7. The molecule has 1 unspecified atom stereocenters. The number of hydrogen-bond donors (Lipinski definition) is 2. The highest BCUT2D eigenvalue weighted by molar-refractivity contribution is 5.96. The number of hydrogen-bond acceptors (Lipinski definition) is 3. The molecule has 0 bridgehead atoms. The summed E-state index contributed by atoms with van der Waals surface area (Å²) in [7, 11) is 0. The molecule has 0 aliphatic heterocycles. The first-order valence-electron chi connectivity index (χ1n) is 9.99. The molecule has 0 radical (unpaired) electrons. The second-order valence-electron chi connectivity index (χ2n) is 7.07. The number of nitrogens with one attached hydrogen (secondary N) is 2. The molecule has 30 heavy (non-hydrogen) atoms. The van der Waals surface area contributed by atoms with Gasteiger partial charge in [0.15, 0.2) is 6.10 Å². The van der Waals surface area contributed by atoms with Gasteiger partial charge in [-0.05, 0) is 54.8 Å². The predicted molar refractivity (Wildman–Crippen MR) is 121 cm³/mol. The van der Waals surface area contributed by atoms with Crippen LogP contribution in [0.4, 0.5) is 11.4 Å². The molecule has 2 N–H and O–H groups in total. The number of benzene rings is 3. The van der Waals surface area contributed by atoms with Gasteiger partial charge < -0.3 is 15.4 Å². The first-order chi connectivity index (χ1) is 14.5. The van der Waals surface area contributed by atoms with Crippen LogP contribution in [0.3, 0.4) is 0 Å². The molecule has 3 aromatic rings. The minimum atomic E-state index is -0.678. The van der Waals surface area contributed by atoms with Crippen molar-refractivity contribution in [3.05, 3.63) is 78.4 Å². The van der Waals surface area contributed by atoms with Crippen LogP contribution in [0.25, 0.3) is 11.1 Å². The number of anilines is 2. The molecule has 0 aromatic heterocycles. The van der Waals surface area contributed by atoms with E-state index in [0.717, 1.165) is 16.7 Å². The number of amides is 2.